The lowest BCUT2D eigenvalue weighted by Crippen LogP contribution is -1.90. The number of fused-ring (bicyclic) bond motifs is 5. The summed E-state index contributed by atoms with van der Waals surface area (Å²) in [5, 5.41) is 20.4. The summed E-state index contributed by atoms with van der Waals surface area (Å²) in [6, 6.07) is 58.4. The molecule has 0 aliphatic carbocycles. The van der Waals surface area contributed by atoms with Gasteiger partial charge in [-0.15, -0.1) is 0 Å². The molecule has 0 fully saturated rings. The molecule has 0 radical (unpaired) electrons. The number of furan rings is 1. The van der Waals surface area contributed by atoms with E-state index in [1.54, 1.807) is 0 Å². The molecule has 11 aromatic carbocycles. The third-order valence-electron chi connectivity index (χ3n) is 11.1. The second-order valence-corrected chi connectivity index (χ2v) is 13.6. The van der Waals surface area contributed by atoms with E-state index in [4.69, 9.17) is 4.42 Å². The van der Waals surface area contributed by atoms with Gasteiger partial charge in [-0.05, 0) is 116 Å². The van der Waals surface area contributed by atoms with E-state index in [0.717, 1.165) is 16.6 Å². The van der Waals surface area contributed by atoms with Gasteiger partial charge < -0.3 is 4.42 Å². The Bertz CT molecular complexity index is 3290. The third kappa shape index (κ3) is 3.34. The van der Waals surface area contributed by atoms with Crippen LogP contribution in [-0.4, -0.2) is 0 Å². The maximum atomic E-state index is 6.64. The van der Waals surface area contributed by atoms with E-state index in [1.807, 2.05) is 0 Å². The lowest BCUT2D eigenvalue weighted by Gasteiger charge is -2.17. The minimum atomic E-state index is 0.916. The SMILES string of the molecule is c1cc2ccc3ccc(-c4ccc5c(-c6ccc7ccc8cccc9ccc6c7c89)cc6oc7ccccc7c6c5c4)c4ccc(c1)c2c34. The Morgan fingerprint density at radius 2 is 0.796 bits per heavy atom. The molecular weight excluding hydrogens is 593 g/mol. The number of hydrogen-bond acceptors (Lipinski definition) is 1. The molecule has 0 bridgehead atoms. The van der Waals surface area contributed by atoms with Gasteiger partial charge in [0.05, 0.1) is 0 Å². The van der Waals surface area contributed by atoms with Crippen molar-refractivity contribution >= 4 is 97.3 Å². The Hall–Kier alpha value is -6.44. The Morgan fingerprint density at radius 1 is 0.265 bits per heavy atom. The molecule has 1 heteroatoms. The van der Waals surface area contributed by atoms with Gasteiger partial charge in [-0.1, -0.05) is 140 Å². The van der Waals surface area contributed by atoms with Gasteiger partial charge in [-0.3, -0.25) is 0 Å². The van der Waals surface area contributed by atoms with E-state index in [2.05, 4.69) is 158 Å². The first kappa shape index (κ1) is 25.6. The van der Waals surface area contributed by atoms with E-state index in [0.29, 0.717) is 0 Å². The molecule has 49 heavy (non-hydrogen) atoms. The van der Waals surface area contributed by atoms with Crippen LogP contribution < -0.4 is 0 Å². The standard InChI is InChI=1S/C48H26O/c1-2-10-42-39(9-1)48-41-25-33(34-20-15-31-13-11-27-5-3-7-29-17-23-37(34)46(31)44(27)29)19-22-36(41)40(26-43(48)49-42)35-21-16-32-14-12-28-6-4-8-30-18-24-38(35)47(32)45(28)30/h1-26H. The average Bonchev–Trinajstić information content (AvgIpc) is 3.54. The van der Waals surface area contributed by atoms with Crippen LogP contribution in [-0.2, 0) is 0 Å². The van der Waals surface area contributed by atoms with Crippen molar-refractivity contribution in [1.82, 2.24) is 0 Å². The van der Waals surface area contributed by atoms with Crippen LogP contribution in [0.2, 0.25) is 0 Å². The van der Waals surface area contributed by atoms with Crippen molar-refractivity contribution in [1.29, 1.82) is 0 Å². The van der Waals surface area contributed by atoms with Crippen LogP contribution in [0.5, 0.6) is 0 Å². The van der Waals surface area contributed by atoms with Crippen LogP contribution >= 0.6 is 0 Å². The molecule has 224 valence electrons. The zero-order chi connectivity index (χ0) is 31.8. The van der Waals surface area contributed by atoms with Crippen molar-refractivity contribution in [3.8, 4) is 22.3 Å². The minimum absolute atomic E-state index is 0.916. The van der Waals surface area contributed by atoms with Crippen LogP contribution in [0.15, 0.2) is 162 Å². The highest BCUT2D eigenvalue weighted by atomic mass is 16.3. The van der Waals surface area contributed by atoms with Crippen molar-refractivity contribution in [2.45, 2.75) is 0 Å². The summed E-state index contributed by atoms with van der Waals surface area (Å²) in [5.41, 5.74) is 6.72. The molecule has 0 saturated carbocycles. The molecule has 12 aromatic rings. The van der Waals surface area contributed by atoms with E-state index >= 15 is 0 Å². The van der Waals surface area contributed by atoms with Crippen molar-refractivity contribution in [3.05, 3.63) is 158 Å². The second-order valence-electron chi connectivity index (χ2n) is 13.6. The highest BCUT2D eigenvalue weighted by molar-refractivity contribution is 6.29. The minimum Gasteiger partial charge on any atom is -0.456 e. The lowest BCUT2D eigenvalue weighted by atomic mass is 9.86. The predicted molar refractivity (Wildman–Crippen MR) is 210 cm³/mol. The van der Waals surface area contributed by atoms with E-state index in [9.17, 15) is 0 Å². The van der Waals surface area contributed by atoms with Crippen molar-refractivity contribution in [3.63, 3.8) is 0 Å². The first-order valence-corrected chi connectivity index (χ1v) is 17.0. The van der Waals surface area contributed by atoms with Gasteiger partial charge in [0.25, 0.3) is 0 Å². The fourth-order valence-electron chi connectivity index (χ4n) is 8.99. The Morgan fingerprint density at radius 3 is 1.47 bits per heavy atom. The summed E-state index contributed by atoms with van der Waals surface area (Å²) in [5.74, 6) is 0. The molecule has 0 saturated heterocycles. The molecule has 0 atom stereocenters. The molecular formula is C48H26O. The fourth-order valence-corrected chi connectivity index (χ4v) is 8.99. The largest absolute Gasteiger partial charge is 0.456 e. The summed E-state index contributed by atoms with van der Waals surface area (Å²) in [6.07, 6.45) is 0. The van der Waals surface area contributed by atoms with Gasteiger partial charge in [0, 0.05) is 10.8 Å². The maximum Gasteiger partial charge on any atom is 0.136 e. The Kier molecular flexibility index (Phi) is 4.77. The average molecular weight is 619 g/mol. The van der Waals surface area contributed by atoms with Crippen molar-refractivity contribution < 1.29 is 4.42 Å². The summed E-state index contributed by atoms with van der Waals surface area (Å²) < 4.78 is 6.64. The van der Waals surface area contributed by atoms with Crippen molar-refractivity contribution in [2.24, 2.45) is 0 Å². The quantitative estimate of drug-likeness (QED) is 0.176. The van der Waals surface area contributed by atoms with E-state index in [1.165, 1.54) is 103 Å². The number of rotatable bonds is 2. The molecule has 0 N–H and O–H groups in total. The third-order valence-corrected chi connectivity index (χ3v) is 11.1. The zero-order valence-electron chi connectivity index (χ0n) is 26.4. The molecule has 1 aromatic heterocycles. The van der Waals surface area contributed by atoms with E-state index in [-0.39, 0.29) is 0 Å². The second kappa shape index (κ2) is 9.13. The monoisotopic (exact) mass is 618 g/mol. The first-order valence-electron chi connectivity index (χ1n) is 17.0. The molecule has 0 amide bonds. The van der Waals surface area contributed by atoms with Gasteiger partial charge in [0.15, 0.2) is 0 Å². The number of para-hydroxylation sites is 1. The van der Waals surface area contributed by atoms with Gasteiger partial charge in [-0.2, -0.15) is 0 Å². The van der Waals surface area contributed by atoms with E-state index < -0.39 is 0 Å². The highest BCUT2D eigenvalue weighted by Crippen LogP contribution is 2.46. The van der Waals surface area contributed by atoms with Gasteiger partial charge in [0.1, 0.15) is 11.2 Å². The van der Waals surface area contributed by atoms with Gasteiger partial charge >= 0.3 is 0 Å². The highest BCUT2D eigenvalue weighted by Gasteiger charge is 2.20. The number of benzene rings is 11. The molecule has 0 aliphatic heterocycles. The zero-order valence-corrected chi connectivity index (χ0v) is 26.4. The normalized spacial score (nSPS) is 12.5. The topological polar surface area (TPSA) is 13.1 Å². The Labute approximate surface area is 280 Å². The summed E-state index contributed by atoms with van der Waals surface area (Å²) >= 11 is 0. The van der Waals surface area contributed by atoms with Crippen LogP contribution in [0.3, 0.4) is 0 Å². The van der Waals surface area contributed by atoms with Crippen LogP contribution in [0.25, 0.3) is 120 Å². The molecule has 1 nitrogen and oxygen atoms in total. The molecule has 0 spiro atoms. The van der Waals surface area contributed by atoms with Gasteiger partial charge in [0.2, 0.25) is 0 Å². The smallest absolute Gasteiger partial charge is 0.136 e. The summed E-state index contributed by atoms with van der Waals surface area (Å²) in [4.78, 5) is 0. The summed E-state index contributed by atoms with van der Waals surface area (Å²) in [6.45, 7) is 0. The lowest BCUT2D eigenvalue weighted by molar-refractivity contribution is 0.669. The van der Waals surface area contributed by atoms with Crippen LogP contribution in [0.1, 0.15) is 0 Å². The number of hydrogen-bond donors (Lipinski definition) is 0. The van der Waals surface area contributed by atoms with Crippen LogP contribution in [0.4, 0.5) is 0 Å². The predicted octanol–water partition coefficient (Wildman–Crippen LogP) is 13.9. The molecule has 0 aliphatic rings. The molecule has 0 unspecified atom stereocenters. The maximum absolute atomic E-state index is 6.64. The van der Waals surface area contributed by atoms with Crippen LogP contribution in [0, 0.1) is 0 Å². The van der Waals surface area contributed by atoms with Crippen molar-refractivity contribution in [2.75, 3.05) is 0 Å². The van der Waals surface area contributed by atoms with Gasteiger partial charge in [-0.25, -0.2) is 0 Å². The summed E-state index contributed by atoms with van der Waals surface area (Å²) in [7, 11) is 0. The molecule has 1 heterocycles. The fraction of sp³-hybridized carbons (Fsp3) is 0. The Balaban J connectivity index is 1.19. The first-order chi connectivity index (χ1) is 24.3. The molecule has 12 rings (SSSR count).